The predicted molar refractivity (Wildman–Crippen MR) is 70.2 cm³/mol. The van der Waals surface area contributed by atoms with Crippen LogP contribution in [0.1, 0.15) is 58.8 Å². The van der Waals surface area contributed by atoms with E-state index in [0.29, 0.717) is 32.2 Å². The summed E-state index contributed by atoms with van der Waals surface area (Å²) >= 11 is 0. The maximum Gasteiger partial charge on any atom is 1.00 e. The van der Waals surface area contributed by atoms with Gasteiger partial charge in [-0.2, -0.15) is 0 Å². The molecule has 1 unspecified atom stereocenters. The minimum Gasteiger partial charge on any atom is -0.548 e. The van der Waals surface area contributed by atoms with Crippen LogP contribution < -0.4 is 34.7 Å². The first kappa shape index (κ1) is 22.2. The zero-order valence-corrected chi connectivity index (χ0v) is 15.0. The van der Waals surface area contributed by atoms with Crippen LogP contribution in [0.3, 0.4) is 0 Å². The van der Waals surface area contributed by atoms with Crippen molar-refractivity contribution in [3.8, 4) is 0 Å². The van der Waals surface area contributed by atoms with Gasteiger partial charge in [0.1, 0.15) is 6.17 Å². The molecule has 0 rings (SSSR count). The molecule has 20 heavy (non-hydrogen) atoms. The molecule has 112 valence electrons. The second-order valence-corrected chi connectivity index (χ2v) is 4.77. The molecule has 0 aromatic carbocycles. The average Bonchev–Trinajstić information content (AvgIpc) is 2.37. The van der Waals surface area contributed by atoms with Crippen molar-refractivity contribution in [3.63, 3.8) is 0 Å². The second kappa shape index (κ2) is 13.8. The number of nitrogens with zero attached hydrogens (tertiary/aromatic N) is 1. The number of hydrogen-bond donors (Lipinski definition) is 0. The molecule has 1 amide bonds. The van der Waals surface area contributed by atoms with E-state index in [1.165, 1.54) is 4.90 Å². The van der Waals surface area contributed by atoms with Gasteiger partial charge in [0.05, 0.1) is 12.5 Å². The normalized spacial score (nSPS) is 11.6. The molecule has 0 aliphatic carbocycles. The van der Waals surface area contributed by atoms with Crippen LogP contribution in [-0.2, 0) is 9.59 Å². The molecule has 0 fully saturated rings. The Morgan fingerprint density at radius 2 is 1.75 bits per heavy atom. The number of amides is 1. The number of halogens is 1. The van der Waals surface area contributed by atoms with Crippen molar-refractivity contribution in [1.82, 2.24) is 4.90 Å². The molecule has 0 N–H and O–H groups in total. The topological polar surface area (TPSA) is 60.4 Å². The van der Waals surface area contributed by atoms with Crippen LogP contribution in [0.15, 0.2) is 0 Å². The van der Waals surface area contributed by atoms with E-state index >= 15 is 0 Å². The molecule has 1 atom stereocenters. The summed E-state index contributed by atoms with van der Waals surface area (Å²) in [6.45, 7) is 3.75. The van der Waals surface area contributed by atoms with Crippen LogP contribution in [0.25, 0.3) is 0 Å². The Morgan fingerprint density at radius 3 is 2.25 bits per heavy atom. The number of aliphatic carboxylic acids is 1. The van der Waals surface area contributed by atoms with Gasteiger partial charge in [0.2, 0.25) is 5.91 Å². The van der Waals surface area contributed by atoms with Crippen molar-refractivity contribution in [2.24, 2.45) is 0 Å². The fraction of sp³-hybridized carbons (Fsp3) is 0.857. The molecule has 0 saturated carbocycles. The molecule has 0 bridgehead atoms. The summed E-state index contributed by atoms with van der Waals surface area (Å²) in [7, 11) is 0. The van der Waals surface area contributed by atoms with Crippen LogP contribution in [-0.4, -0.2) is 36.0 Å². The van der Waals surface area contributed by atoms with E-state index in [1.807, 2.05) is 6.92 Å². The summed E-state index contributed by atoms with van der Waals surface area (Å²) in [5, 5.41) is 10.4. The Balaban J connectivity index is 0. The first-order valence-corrected chi connectivity index (χ1v) is 7.12. The molecule has 0 aromatic rings. The van der Waals surface area contributed by atoms with Gasteiger partial charge >= 0.3 is 29.6 Å². The summed E-state index contributed by atoms with van der Waals surface area (Å²) < 4.78 is 13.3. The summed E-state index contributed by atoms with van der Waals surface area (Å²) in [5.41, 5.74) is 0. The summed E-state index contributed by atoms with van der Waals surface area (Å²) in [4.78, 5) is 23.4. The van der Waals surface area contributed by atoms with Gasteiger partial charge in [-0.15, -0.1) is 0 Å². The van der Waals surface area contributed by atoms with Gasteiger partial charge in [0, 0.05) is 13.0 Å². The zero-order valence-electron chi connectivity index (χ0n) is 13.0. The molecular formula is C14H25FNNaO3. The number of unbranched alkanes of at least 4 members (excludes halogenated alkanes) is 2. The predicted octanol–water partition coefficient (Wildman–Crippen LogP) is -1.32. The third-order valence-corrected chi connectivity index (χ3v) is 3.08. The molecule has 0 aliphatic rings. The number of hydrogen-bond acceptors (Lipinski definition) is 3. The van der Waals surface area contributed by atoms with Crippen molar-refractivity contribution in [1.29, 1.82) is 0 Å². The van der Waals surface area contributed by atoms with Gasteiger partial charge in [-0.1, -0.05) is 26.2 Å². The fourth-order valence-corrected chi connectivity index (χ4v) is 1.90. The SMILES string of the molecule is CCCCC(F)CCCCC(=O)N(CC)CC(=O)[O-].[Na+]. The van der Waals surface area contributed by atoms with Crippen molar-refractivity contribution in [2.75, 3.05) is 13.1 Å². The van der Waals surface area contributed by atoms with E-state index < -0.39 is 12.1 Å². The van der Waals surface area contributed by atoms with Gasteiger partial charge in [-0.25, -0.2) is 4.39 Å². The Morgan fingerprint density at radius 1 is 1.15 bits per heavy atom. The van der Waals surface area contributed by atoms with E-state index in [4.69, 9.17) is 0 Å². The van der Waals surface area contributed by atoms with Gasteiger partial charge in [-0.3, -0.25) is 4.79 Å². The molecule has 0 saturated heterocycles. The number of rotatable bonds is 11. The van der Waals surface area contributed by atoms with Gasteiger partial charge in [0.15, 0.2) is 0 Å². The van der Waals surface area contributed by atoms with Crippen molar-refractivity contribution >= 4 is 11.9 Å². The van der Waals surface area contributed by atoms with Crippen LogP contribution >= 0.6 is 0 Å². The molecule has 6 heteroatoms. The Bertz CT molecular complexity index is 277. The number of carbonyl (C=O) groups excluding carboxylic acids is 2. The van der Waals surface area contributed by atoms with Gasteiger partial charge < -0.3 is 14.8 Å². The maximum absolute atomic E-state index is 13.3. The number of carbonyl (C=O) groups is 2. The number of carboxylic acids is 1. The van der Waals surface area contributed by atoms with E-state index in [0.717, 1.165) is 12.8 Å². The van der Waals surface area contributed by atoms with Crippen LogP contribution in [0.2, 0.25) is 0 Å². The maximum atomic E-state index is 13.3. The largest absolute Gasteiger partial charge is 1.00 e. The second-order valence-electron chi connectivity index (χ2n) is 4.77. The van der Waals surface area contributed by atoms with E-state index in [1.54, 1.807) is 6.92 Å². The van der Waals surface area contributed by atoms with E-state index in [2.05, 4.69) is 0 Å². The standard InChI is InChI=1S/C14H26FNO3.Na/c1-3-5-8-12(15)9-6-7-10-13(17)16(4-2)11-14(18)19;/h12H,3-11H2,1-2H3,(H,18,19);/q;+1/p-1. The van der Waals surface area contributed by atoms with E-state index in [9.17, 15) is 19.1 Å². The summed E-state index contributed by atoms with van der Waals surface area (Å²) in [5.74, 6) is -1.45. The quantitative estimate of drug-likeness (QED) is 0.351. The zero-order chi connectivity index (χ0) is 14.7. The average molecular weight is 297 g/mol. The van der Waals surface area contributed by atoms with Crippen LogP contribution in [0.4, 0.5) is 4.39 Å². The Hall–Kier alpha value is -0.130. The molecule has 0 aromatic heterocycles. The Kier molecular flexibility index (Phi) is 15.3. The minimum atomic E-state index is -1.25. The van der Waals surface area contributed by atoms with Gasteiger partial charge in [-0.05, 0) is 26.2 Å². The van der Waals surface area contributed by atoms with Crippen molar-refractivity contribution in [2.45, 2.75) is 65.0 Å². The third kappa shape index (κ3) is 11.7. The number of alkyl halides is 1. The van der Waals surface area contributed by atoms with Crippen molar-refractivity contribution < 1.29 is 48.6 Å². The van der Waals surface area contributed by atoms with Gasteiger partial charge in [0.25, 0.3) is 0 Å². The van der Waals surface area contributed by atoms with Crippen LogP contribution in [0.5, 0.6) is 0 Å². The molecule has 0 spiro atoms. The summed E-state index contributed by atoms with van der Waals surface area (Å²) in [6, 6.07) is 0. The minimum absolute atomic E-state index is 0. The smallest absolute Gasteiger partial charge is 0.548 e. The van der Waals surface area contributed by atoms with E-state index in [-0.39, 0.29) is 48.4 Å². The monoisotopic (exact) mass is 297 g/mol. The van der Waals surface area contributed by atoms with Crippen LogP contribution in [0, 0.1) is 0 Å². The first-order chi connectivity index (χ1) is 9.01. The molecule has 4 nitrogen and oxygen atoms in total. The Labute approximate surface area is 143 Å². The molecule has 0 heterocycles. The third-order valence-electron chi connectivity index (χ3n) is 3.08. The molecule has 0 aliphatic heterocycles. The molecule has 0 radical (unpaired) electrons. The molecular weight excluding hydrogens is 272 g/mol. The summed E-state index contributed by atoms with van der Waals surface area (Å²) in [6.07, 6.45) is 3.75. The first-order valence-electron chi connectivity index (χ1n) is 7.12. The van der Waals surface area contributed by atoms with Crippen molar-refractivity contribution in [3.05, 3.63) is 0 Å². The fourth-order valence-electron chi connectivity index (χ4n) is 1.90. The number of likely N-dealkylation sites (N-methyl/N-ethyl adjacent to an activating group) is 1. The number of carboxylic acid groups (broad SMARTS) is 1.